The second-order valence-electron chi connectivity index (χ2n) is 8.58. The van der Waals surface area contributed by atoms with E-state index >= 15 is 0 Å². The number of rotatable bonds is 5. The van der Waals surface area contributed by atoms with Crippen molar-refractivity contribution in [2.45, 2.75) is 59.0 Å². The lowest BCUT2D eigenvalue weighted by Crippen LogP contribution is -2.47. The van der Waals surface area contributed by atoms with Crippen LogP contribution in [0.15, 0.2) is 18.2 Å². The number of benzene rings is 1. The summed E-state index contributed by atoms with van der Waals surface area (Å²) in [7, 11) is 0. The van der Waals surface area contributed by atoms with Crippen LogP contribution in [0.1, 0.15) is 51.8 Å². The summed E-state index contributed by atoms with van der Waals surface area (Å²) in [5.74, 6) is 1.48. The number of hydrogen-bond acceptors (Lipinski definition) is 4. The Morgan fingerprint density at radius 3 is 2.50 bits per heavy atom. The molecule has 2 heterocycles. The van der Waals surface area contributed by atoms with Gasteiger partial charge in [-0.15, -0.1) is 0 Å². The van der Waals surface area contributed by atoms with Gasteiger partial charge < -0.3 is 14.8 Å². The van der Waals surface area contributed by atoms with E-state index in [1.54, 1.807) is 6.92 Å². The quantitative estimate of drug-likeness (QED) is 0.820. The molecule has 162 valence electrons. The predicted octanol–water partition coefficient (Wildman–Crippen LogP) is 3.24. The maximum absolute atomic E-state index is 12.6. The SMILES string of the molecule is CCn1c(CN2CCN(C(C)=O)CC2)nc2cc(NC(=O)C3CCCCC3)ccc21. The van der Waals surface area contributed by atoms with E-state index in [1.807, 2.05) is 17.0 Å². The van der Waals surface area contributed by atoms with Crippen molar-refractivity contribution in [3.05, 3.63) is 24.0 Å². The number of carbonyl (C=O) groups is 2. The lowest BCUT2D eigenvalue weighted by molar-refractivity contribution is -0.130. The van der Waals surface area contributed by atoms with Crippen molar-refractivity contribution in [2.75, 3.05) is 31.5 Å². The predicted molar refractivity (Wildman–Crippen MR) is 118 cm³/mol. The average molecular weight is 412 g/mol. The fourth-order valence-corrected chi connectivity index (χ4v) is 4.76. The van der Waals surface area contributed by atoms with Crippen LogP contribution in [-0.2, 0) is 22.7 Å². The molecule has 1 aliphatic carbocycles. The van der Waals surface area contributed by atoms with Crippen LogP contribution >= 0.6 is 0 Å². The number of fused-ring (bicyclic) bond motifs is 1. The number of aryl methyl sites for hydroxylation is 1. The summed E-state index contributed by atoms with van der Waals surface area (Å²) in [6.45, 7) is 8.70. The highest BCUT2D eigenvalue weighted by atomic mass is 16.2. The number of amides is 2. The summed E-state index contributed by atoms with van der Waals surface area (Å²) in [6, 6.07) is 6.06. The molecule has 0 bridgehead atoms. The van der Waals surface area contributed by atoms with E-state index in [0.29, 0.717) is 0 Å². The molecule has 0 unspecified atom stereocenters. The molecule has 0 atom stereocenters. The number of imidazole rings is 1. The van der Waals surface area contributed by atoms with Crippen molar-refractivity contribution in [2.24, 2.45) is 5.92 Å². The monoisotopic (exact) mass is 411 g/mol. The van der Waals surface area contributed by atoms with E-state index in [-0.39, 0.29) is 17.7 Å². The first kappa shape index (κ1) is 20.8. The molecule has 1 aromatic heterocycles. The zero-order valence-electron chi connectivity index (χ0n) is 18.2. The van der Waals surface area contributed by atoms with Gasteiger partial charge in [0.2, 0.25) is 11.8 Å². The molecule has 2 aromatic rings. The fraction of sp³-hybridized carbons (Fsp3) is 0.609. The molecule has 7 heteroatoms. The van der Waals surface area contributed by atoms with Gasteiger partial charge in [0.1, 0.15) is 5.82 Å². The fourth-order valence-electron chi connectivity index (χ4n) is 4.76. The summed E-state index contributed by atoms with van der Waals surface area (Å²) in [4.78, 5) is 33.3. The second kappa shape index (κ2) is 9.16. The lowest BCUT2D eigenvalue weighted by Gasteiger charge is -2.33. The Morgan fingerprint density at radius 1 is 1.10 bits per heavy atom. The lowest BCUT2D eigenvalue weighted by atomic mass is 9.88. The van der Waals surface area contributed by atoms with Crippen molar-refractivity contribution in [3.63, 3.8) is 0 Å². The minimum absolute atomic E-state index is 0.145. The van der Waals surface area contributed by atoms with Gasteiger partial charge in [-0.2, -0.15) is 0 Å². The van der Waals surface area contributed by atoms with Crippen molar-refractivity contribution < 1.29 is 9.59 Å². The van der Waals surface area contributed by atoms with Gasteiger partial charge in [-0.05, 0) is 38.0 Å². The molecule has 1 aliphatic heterocycles. The van der Waals surface area contributed by atoms with Gasteiger partial charge in [-0.1, -0.05) is 19.3 Å². The van der Waals surface area contributed by atoms with E-state index < -0.39 is 0 Å². The molecule has 2 amide bonds. The first-order valence-corrected chi connectivity index (χ1v) is 11.3. The molecule has 4 rings (SSSR count). The summed E-state index contributed by atoms with van der Waals surface area (Å²) >= 11 is 0. The Hall–Kier alpha value is -2.41. The smallest absolute Gasteiger partial charge is 0.227 e. The van der Waals surface area contributed by atoms with Gasteiger partial charge in [0.15, 0.2) is 0 Å². The normalized spacial score (nSPS) is 18.7. The zero-order valence-corrected chi connectivity index (χ0v) is 18.2. The van der Waals surface area contributed by atoms with Gasteiger partial charge in [0.05, 0.1) is 17.6 Å². The Kier molecular flexibility index (Phi) is 6.37. The molecule has 1 saturated heterocycles. The third-order valence-electron chi connectivity index (χ3n) is 6.57. The third-order valence-corrected chi connectivity index (χ3v) is 6.57. The van der Waals surface area contributed by atoms with Crippen LogP contribution in [0.25, 0.3) is 11.0 Å². The molecule has 2 fully saturated rings. The topological polar surface area (TPSA) is 70.5 Å². The number of anilines is 1. The Balaban J connectivity index is 1.46. The first-order valence-electron chi connectivity index (χ1n) is 11.3. The van der Waals surface area contributed by atoms with Crippen LogP contribution in [0.5, 0.6) is 0 Å². The number of nitrogens with one attached hydrogen (secondary N) is 1. The van der Waals surface area contributed by atoms with Gasteiger partial charge in [0.25, 0.3) is 0 Å². The molecule has 1 saturated carbocycles. The van der Waals surface area contributed by atoms with Crippen LogP contribution in [0.3, 0.4) is 0 Å². The number of nitrogens with zero attached hydrogens (tertiary/aromatic N) is 4. The highest BCUT2D eigenvalue weighted by Crippen LogP contribution is 2.26. The minimum Gasteiger partial charge on any atom is -0.340 e. The number of hydrogen-bond donors (Lipinski definition) is 1. The third kappa shape index (κ3) is 4.51. The van der Waals surface area contributed by atoms with Crippen LogP contribution in [0, 0.1) is 5.92 Å². The molecule has 0 spiro atoms. The van der Waals surface area contributed by atoms with Crippen LogP contribution in [-0.4, -0.2) is 57.3 Å². The number of carbonyl (C=O) groups excluding carboxylic acids is 2. The molecule has 0 radical (unpaired) electrons. The molecule has 1 N–H and O–H groups in total. The Morgan fingerprint density at radius 2 is 1.83 bits per heavy atom. The number of piperazine rings is 1. The maximum atomic E-state index is 12.6. The van der Waals surface area contributed by atoms with Crippen LogP contribution in [0.2, 0.25) is 0 Å². The van der Waals surface area contributed by atoms with E-state index in [1.165, 1.54) is 6.42 Å². The Bertz CT molecular complexity index is 908. The zero-order chi connectivity index (χ0) is 21.1. The summed E-state index contributed by atoms with van der Waals surface area (Å²) < 4.78 is 2.25. The molecule has 1 aromatic carbocycles. The summed E-state index contributed by atoms with van der Waals surface area (Å²) in [5.41, 5.74) is 2.86. The summed E-state index contributed by atoms with van der Waals surface area (Å²) in [6.07, 6.45) is 5.56. The highest BCUT2D eigenvalue weighted by molar-refractivity contribution is 5.94. The molecule has 30 heavy (non-hydrogen) atoms. The van der Waals surface area contributed by atoms with Crippen molar-refractivity contribution in [1.82, 2.24) is 19.4 Å². The molecule has 2 aliphatic rings. The van der Waals surface area contributed by atoms with E-state index in [2.05, 4.69) is 27.8 Å². The first-order chi connectivity index (χ1) is 14.5. The average Bonchev–Trinajstić information content (AvgIpc) is 3.10. The van der Waals surface area contributed by atoms with Gasteiger partial charge in [-0.3, -0.25) is 14.5 Å². The van der Waals surface area contributed by atoms with Crippen LogP contribution < -0.4 is 5.32 Å². The van der Waals surface area contributed by atoms with Crippen molar-refractivity contribution >= 4 is 28.5 Å². The van der Waals surface area contributed by atoms with E-state index in [4.69, 9.17) is 4.98 Å². The highest BCUT2D eigenvalue weighted by Gasteiger charge is 2.23. The standard InChI is InChI=1S/C23H33N5O2/c1-3-28-21-10-9-19(24-23(30)18-7-5-4-6-8-18)15-20(21)25-22(28)16-26-11-13-27(14-12-26)17(2)29/h9-10,15,18H,3-8,11-14,16H2,1-2H3,(H,24,30). The van der Waals surface area contributed by atoms with Gasteiger partial charge >= 0.3 is 0 Å². The van der Waals surface area contributed by atoms with Gasteiger partial charge in [0, 0.05) is 51.3 Å². The summed E-state index contributed by atoms with van der Waals surface area (Å²) in [5, 5.41) is 3.11. The van der Waals surface area contributed by atoms with Crippen molar-refractivity contribution in [1.29, 1.82) is 0 Å². The molecule has 7 nitrogen and oxygen atoms in total. The molecular weight excluding hydrogens is 378 g/mol. The largest absolute Gasteiger partial charge is 0.340 e. The second-order valence-corrected chi connectivity index (χ2v) is 8.58. The Labute approximate surface area is 178 Å². The number of aromatic nitrogens is 2. The minimum atomic E-state index is 0.145. The van der Waals surface area contributed by atoms with E-state index in [0.717, 1.165) is 87.5 Å². The van der Waals surface area contributed by atoms with E-state index in [9.17, 15) is 9.59 Å². The molecular formula is C23H33N5O2. The maximum Gasteiger partial charge on any atom is 0.227 e. The van der Waals surface area contributed by atoms with Crippen LogP contribution in [0.4, 0.5) is 5.69 Å². The van der Waals surface area contributed by atoms with Crippen molar-refractivity contribution in [3.8, 4) is 0 Å². The van der Waals surface area contributed by atoms with Gasteiger partial charge in [-0.25, -0.2) is 4.98 Å².